The second-order valence-electron chi connectivity index (χ2n) is 8.17. The Hall–Kier alpha value is -0.610. The lowest BCUT2D eigenvalue weighted by molar-refractivity contribution is -0.131. The molecule has 5 aliphatic rings. The molecule has 5 fully saturated rings. The number of rotatable bonds is 4. The Morgan fingerprint density at radius 3 is 2.33 bits per heavy atom. The largest absolute Gasteiger partial charge is 0.349 e. The van der Waals surface area contributed by atoms with Gasteiger partial charge in [0.15, 0.2) is 0 Å². The van der Waals surface area contributed by atoms with Crippen LogP contribution in [0.5, 0.6) is 0 Å². The SMILES string of the molecule is NCCN1CCCC1C(=O)NC12CC3CC(CC(C3)C1)C2. The lowest BCUT2D eigenvalue weighted by Crippen LogP contribution is -2.62. The van der Waals surface area contributed by atoms with Gasteiger partial charge in [-0.2, -0.15) is 0 Å². The summed E-state index contributed by atoms with van der Waals surface area (Å²) in [4.78, 5) is 15.1. The Morgan fingerprint density at radius 1 is 1.14 bits per heavy atom. The highest BCUT2D eigenvalue weighted by molar-refractivity contribution is 5.82. The van der Waals surface area contributed by atoms with E-state index < -0.39 is 0 Å². The molecule has 1 amide bonds. The monoisotopic (exact) mass is 291 g/mol. The van der Waals surface area contributed by atoms with Crippen molar-refractivity contribution in [1.29, 1.82) is 0 Å². The topological polar surface area (TPSA) is 58.4 Å². The molecule has 1 atom stereocenters. The first-order valence-electron chi connectivity index (χ1n) is 8.93. The molecule has 1 heterocycles. The highest BCUT2D eigenvalue weighted by atomic mass is 16.2. The van der Waals surface area contributed by atoms with Crippen LogP contribution in [0.1, 0.15) is 51.4 Å². The third-order valence-electron chi connectivity index (χ3n) is 6.51. The molecule has 1 aliphatic heterocycles. The van der Waals surface area contributed by atoms with Crippen molar-refractivity contribution < 1.29 is 4.79 Å². The summed E-state index contributed by atoms with van der Waals surface area (Å²) in [6.45, 7) is 2.55. The fourth-order valence-electron chi connectivity index (χ4n) is 6.16. The fourth-order valence-corrected chi connectivity index (χ4v) is 6.16. The Balaban J connectivity index is 1.44. The van der Waals surface area contributed by atoms with Crippen LogP contribution in [-0.4, -0.2) is 42.0 Å². The molecule has 0 aromatic carbocycles. The molecule has 4 saturated carbocycles. The van der Waals surface area contributed by atoms with Gasteiger partial charge in [0.25, 0.3) is 0 Å². The highest BCUT2D eigenvalue weighted by Gasteiger charge is 2.52. The van der Waals surface area contributed by atoms with Gasteiger partial charge in [0.1, 0.15) is 0 Å². The maximum absolute atomic E-state index is 12.8. The van der Waals surface area contributed by atoms with Gasteiger partial charge in [-0.05, 0) is 75.7 Å². The van der Waals surface area contributed by atoms with Crippen LogP contribution in [0.3, 0.4) is 0 Å². The van der Waals surface area contributed by atoms with E-state index in [0.717, 1.165) is 43.7 Å². The molecular formula is C17H29N3O. The second kappa shape index (κ2) is 5.24. The van der Waals surface area contributed by atoms with Gasteiger partial charge in [-0.25, -0.2) is 0 Å². The third kappa shape index (κ3) is 2.50. The molecule has 4 bridgehead atoms. The molecule has 4 heteroatoms. The van der Waals surface area contributed by atoms with Crippen molar-refractivity contribution in [3.63, 3.8) is 0 Å². The van der Waals surface area contributed by atoms with Crippen LogP contribution in [-0.2, 0) is 4.79 Å². The molecule has 1 saturated heterocycles. The van der Waals surface area contributed by atoms with E-state index in [-0.39, 0.29) is 11.6 Å². The molecule has 4 aliphatic carbocycles. The zero-order valence-corrected chi connectivity index (χ0v) is 13.0. The van der Waals surface area contributed by atoms with Gasteiger partial charge in [0, 0.05) is 18.6 Å². The van der Waals surface area contributed by atoms with Gasteiger partial charge in [0.05, 0.1) is 6.04 Å². The highest BCUT2D eigenvalue weighted by Crippen LogP contribution is 2.55. The van der Waals surface area contributed by atoms with E-state index in [1.807, 2.05) is 0 Å². The van der Waals surface area contributed by atoms with Crippen molar-refractivity contribution in [2.24, 2.45) is 23.5 Å². The fraction of sp³-hybridized carbons (Fsp3) is 0.941. The number of nitrogens with two attached hydrogens (primary N) is 1. The van der Waals surface area contributed by atoms with Crippen molar-refractivity contribution in [2.45, 2.75) is 62.9 Å². The zero-order valence-electron chi connectivity index (χ0n) is 13.0. The molecule has 118 valence electrons. The van der Waals surface area contributed by atoms with Crippen LogP contribution >= 0.6 is 0 Å². The van der Waals surface area contributed by atoms with E-state index in [0.29, 0.717) is 12.5 Å². The number of carbonyl (C=O) groups is 1. The molecular weight excluding hydrogens is 262 g/mol. The minimum atomic E-state index is 0.0848. The molecule has 0 aromatic heterocycles. The van der Waals surface area contributed by atoms with Crippen LogP contribution in [0.25, 0.3) is 0 Å². The van der Waals surface area contributed by atoms with Gasteiger partial charge < -0.3 is 11.1 Å². The molecule has 5 rings (SSSR count). The van der Waals surface area contributed by atoms with E-state index in [1.165, 1.54) is 38.5 Å². The van der Waals surface area contributed by atoms with Crippen molar-refractivity contribution in [3.05, 3.63) is 0 Å². The number of likely N-dealkylation sites (tertiary alicyclic amines) is 1. The van der Waals surface area contributed by atoms with Crippen LogP contribution in [0, 0.1) is 17.8 Å². The van der Waals surface area contributed by atoms with Crippen molar-refractivity contribution >= 4 is 5.91 Å². The molecule has 21 heavy (non-hydrogen) atoms. The Morgan fingerprint density at radius 2 is 1.76 bits per heavy atom. The Labute approximate surface area is 127 Å². The van der Waals surface area contributed by atoms with E-state index in [2.05, 4.69) is 10.2 Å². The van der Waals surface area contributed by atoms with E-state index >= 15 is 0 Å². The average molecular weight is 291 g/mol. The second-order valence-corrected chi connectivity index (χ2v) is 8.17. The number of carbonyl (C=O) groups excluding carboxylic acids is 1. The van der Waals surface area contributed by atoms with Crippen molar-refractivity contribution in [2.75, 3.05) is 19.6 Å². The molecule has 1 unspecified atom stereocenters. The van der Waals surface area contributed by atoms with Gasteiger partial charge in [-0.1, -0.05) is 0 Å². The molecule has 0 aromatic rings. The van der Waals surface area contributed by atoms with Crippen LogP contribution < -0.4 is 11.1 Å². The summed E-state index contributed by atoms with van der Waals surface area (Å²) in [5.41, 5.74) is 5.84. The number of hydrogen-bond donors (Lipinski definition) is 2. The van der Waals surface area contributed by atoms with Crippen molar-refractivity contribution in [1.82, 2.24) is 10.2 Å². The van der Waals surface area contributed by atoms with E-state index in [4.69, 9.17) is 5.73 Å². The van der Waals surface area contributed by atoms with E-state index in [1.54, 1.807) is 0 Å². The molecule has 0 spiro atoms. The zero-order chi connectivity index (χ0) is 14.4. The minimum Gasteiger partial charge on any atom is -0.349 e. The maximum atomic E-state index is 12.8. The summed E-state index contributed by atoms with van der Waals surface area (Å²) in [6, 6.07) is 0.0848. The van der Waals surface area contributed by atoms with Gasteiger partial charge in [-0.3, -0.25) is 9.69 Å². The van der Waals surface area contributed by atoms with E-state index in [9.17, 15) is 4.79 Å². The standard InChI is InChI=1S/C17H29N3O/c18-3-5-20-4-1-2-15(20)16(21)19-17-9-12-6-13(10-17)8-14(7-12)11-17/h12-15H,1-11,18H2,(H,19,21). The van der Waals surface area contributed by atoms with Crippen LogP contribution in [0.4, 0.5) is 0 Å². The summed E-state index contributed by atoms with van der Waals surface area (Å²) in [7, 11) is 0. The summed E-state index contributed by atoms with van der Waals surface area (Å²) in [5, 5.41) is 3.53. The lowest BCUT2D eigenvalue weighted by Gasteiger charge is -2.57. The van der Waals surface area contributed by atoms with Crippen molar-refractivity contribution in [3.8, 4) is 0 Å². The summed E-state index contributed by atoms with van der Waals surface area (Å²) < 4.78 is 0. The Bertz CT molecular complexity index is 387. The predicted octanol–water partition coefficient (Wildman–Crippen LogP) is 1.49. The summed E-state index contributed by atoms with van der Waals surface area (Å²) in [5.74, 6) is 2.96. The first kappa shape index (κ1) is 14.0. The predicted molar refractivity (Wildman–Crippen MR) is 82.7 cm³/mol. The smallest absolute Gasteiger partial charge is 0.237 e. The van der Waals surface area contributed by atoms with Crippen LogP contribution in [0.15, 0.2) is 0 Å². The number of nitrogens with one attached hydrogen (secondary N) is 1. The molecule has 4 nitrogen and oxygen atoms in total. The average Bonchev–Trinajstić information content (AvgIpc) is 2.85. The minimum absolute atomic E-state index is 0.0848. The van der Waals surface area contributed by atoms with Gasteiger partial charge >= 0.3 is 0 Å². The number of amides is 1. The van der Waals surface area contributed by atoms with Gasteiger partial charge in [-0.15, -0.1) is 0 Å². The number of nitrogens with zero attached hydrogens (tertiary/aromatic N) is 1. The first-order chi connectivity index (χ1) is 10.2. The lowest BCUT2D eigenvalue weighted by atomic mass is 9.53. The quantitative estimate of drug-likeness (QED) is 0.825. The van der Waals surface area contributed by atoms with Gasteiger partial charge in [0.2, 0.25) is 5.91 Å². The molecule has 3 N–H and O–H groups in total. The normalized spacial score (nSPS) is 45.2. The Kier molecular flexibility index (Phi) is 3.49. The summed E-state index contributed by atoms with van der Waals surface area (Å²) in [6.07, 6.45) is 10.2. The summed E-state index contributed by atoms with van der Waals surface area (Å²) >= 11 is 0. The third-order valence-corrected chi connectivity index (χ3v) is 6.51. The van der Waals surface area contributed by atoms with Crippen LogP contribution in [0.2, 0.25) is 0 Å². The first-order valence-corrected chi connectivity index (χ1v) is 8.93. The molecule has 0 radical (unpaired) electrons. The number of hydrogen-bond acceptors (Lipinski definition) is 3. The maximum Gasteiger partial charge on any atom is 0.237 e.